The second-order valence-corrected chi connectivity index (χ2v) is 5.01. The molecule has 1 aliphatic heterocycles. The summed E-state index contributed by atoms with van der Waals surface area (Å²) in [6, 6.07) is 1.79. The lowest BCUT2D eigenvalue weighted by atomic mass is 10.2. The number of nitrogens with zero attached hydrogens (tertiary/aromatic N) is 2. The first-order valence-corrected chi connectivity index (χ1v) is 6.83. The van der Waals surface area contributed by atoms with Crippen molar-refractivity contribution in [2.24, 2.45) is 0 Å². The van der Waals surface area contributed by atoms with Gasteiger partial charge in [0.2, 0.25) is 0 Å². The van der Waals surface area contributed by atoms with Gasteiger partial charge >= 0.3 is 5.97 Å². The third kappa shape index (κ3) is 3.92. The van der Waals surface area contributed by atoms with E-state index < -0.39 is 5.97 Å². The molecule has 0 saturated carbocycles. The average Bonchev–Trinajstić information content (AvgIpc) is 2.87. The van der Waals surface area contributed by atoms with Crippen LogP contribution in [0.15, 0.2) is 12.3 Å². The highest BCUT2D eigenvalue weighted by molar-refractivity contribution is 5.93. The van der Waals surface area contributed by atoms with Gasteiger partial charge in [-0.1, -0.05) is 0 Å². The van der Waals surface area contributed by atoms with Crippen LogP contribution in [-0.4, -0.2) is 47.1 Å². The highest BCUT2D eigenvalue weighted by atomic mass is 16.4. The van der Waals surface area contributed by atoms with Crippen molar-refractivity contribution in [3.63, 3.8) is 0 Å². The predicted octanol–water partition coefficient (Wildman–Crippen LogP) is 1.99. The topological polar surface area (TPSA) is 65.5 Å². The molecule has 5 nitrogen and oxygen atoms in total. The second-order valence-electron chi connectivity index (χ2n) is 5.01. The van der Waals surface area contributed by atoms with E-state index in [1.54, 1.807) is 6.07 Å². The molecule has 0 atom stereocenters. The van der Waals surface area contributed by atoms with Gasteiger partial charge in [0.25, 0.3) is 0 Å². The molecule has 1 saturated heterocycles. The number of aromatic carboxylic acids is 1. The molecule has 0 bridgehead atoms. The number of rotatable bonds is 6. The Morgan fingerprint density at radius 3 is 2.89 bits per heavy atom. The lowest BCUT2D eigenvalue weighted by molar-refractivity contribution is 0.0697. The zero-order valence-electron chi connectivity index (χ0n) is 11.4. The zero-order chi connectivity index (χ0) is 13.7. The number of anilines is 1. The van der Waals surface area contributed by atoms with E-state index in [0.29, 0.717) is 5.69 Å². The van der Waals surface area contributed by atoms with E-state index in [1.807, 2.05) is 6.92 Å². The van der Waals surface area contributed by atoms with Crippen LogP contribution < -0.4 is 5.32 Å². The van der Waals surface area contributed by atoms with Crippen LogP contribution in [0.3, 0.4) is 0 Å². The molecular formula is C14H21N3O2. The van der Waals surface area contributed by atoms with Crippen molar-refractivity contribution in [1.82, 2.24) is 9.88 Å². The molecule has 0 spiro atoms. The Labute approximate surface area is 113 Å². The molecule has 1 fully saturated rings. The summed E-state index contributed by atoms with van der Waals surface area (Å²) in [5, 5.41) is 12.3. The van der Waals surface area contributed by atoms with E-state index in [1.165, 1.54) is 32.1 Å². The number of pyridine rings is 1. The lowest BCUT2D eigenvalue weighted by Gasteiger charge is -2.15. The monoisotopic (exact) mass is 263 g/mol. The molecule has 104 valence electrons. The van der Waals surface area contributed by atoms with Gasteiger partial charge in [0, 0.05) is 18.4 Å². The molecule has 0 unspecified atom stereocenters. The number of nitrogens with one attached hydrogen (secondary N) is 1. The van der Waals surface area contributed by atoms with Crippen molar-refractivity contribution in [3.05, 3.63) is 23.5 Å². The third-order valence-electron chi connectivity index (χ3n) is 3.44. The fraction of sp³-hybridized carbons (Fsp3) is 0.571. The summed E-state index contributed by atoms with van der Waals surface area (Å²) in [6.07, 6.45) is 5.06. The highest BCUT2D eigenvalue weighted by Crippen LogP contribution is 2.16. The first kappa shape index (κ1) is 13.8. The number of aromatic nitrogens is 1. The Morgan fingerprint density at radius 1 is 1.47 bits per heavy atom. The maximum absolute atomic E-state index is 11.1. The number of carbonyl (C=O) groups is 1. The second kappa shape index (κ2) is 6.52. The van der Waals surface area contributed by atoms with Crippen molar-refractivity contribution in [2.75, 3.05) is 31.5 Å². The molecule has 2 N–H and O–H groups in total. The molecule has 0 aromatic carbocycles. The van der Waals surface area contributed by atoms with Gasteiger partial charge in [0.15, 0.2) is 0 Å². The molecule has 0 aliphatic carbocycles. The van der Waals surface area contributed by atoms with E-state index in [0.717, 1.165) is 25.2 Å². The number of carboxylic acid groups (broad SMARTS) is 1. The predicted molar refractivity (Wildman–Crippen MR) is 74.7 cm³/mol. The number of likely N-dealkylation sites (tertiary alicyclic amines) is 1. The van der Waals surface area contributed by atoms with Gasteiger partial charge in [-0.15, -0.1) is 0 Å². The Bertz CT molecular complexity index is 442. The summed E-state index contributed by atoms with van der Waals surface area (Å²) in [7, 11) is 0. The van der Waals surface area contributed by atoms with Gasteiger partial charge in [-0.25, -0.2) is 4.79 Å². The number of hydrogen-bond acceptors (Lipinski definition) is 4. The van der Waals surface area contributed by atoms with Crippen LogP contribution in [0.4, 0.5) is 5.69 Å². The van der Waals surface area contributed by atoms with Gasteiger partial charge < -0.3 is 15.3 Å². The average molecular weight is 263 g/mol. The molecule has 1 aromatic rings. The first-order chi connectivity index (χ1) is 9.16. The van der Waals surface area contributed by atoms with Crippen molar-refractivity contribution in [1.29, 1.82) is 0 Å². The van der Waals surface area contributed by atoms with Gasteiger partial charge in [0.05, 0.1) is 5.69 Å². The fourth-order valence-electron chi connectivity index (χ4n) is 2.41. The maximum atomic E-state index is 11.1. The molecule has 1 aliphatic rings. The maximum Gasteiger partial charge on any atom is 0.339 e. The summed E-state index contributed by atoms with van der Waals surface area (Å²) >= 11 is 0. The van der Waals surface area contributed by atoms with Gasteiger partial charge in [-0.2, -0.15) is 0 Å². The smallest absolute Gasteiger partial charge is 0.339 e. The Balaban J connectivity index is 1.84. The summed E-state index contributed by atoms with van der Waals surface area (Å²) < 4.78 is 0. The first-order valence-electron chi connectivity index (χ1n) is 6.83. The van der Waals surface area contributed by atoms with E-state index in [2.05, 4.69) is 15.2 Å². The van der Waals surface area contributed by atoms with Crippen molar-refractivity contribution in [2.45, 2.75) is 26.2 Å². The van der Waals surface area contributed by atoms with E-state index in [4.69, 9.17) is 5.11 Å². The summed E-state index contributed by atoms with van der Waals surface area (Å²) in [5.74, 6) is -0.936. The Hall–Kier alpha value is -1.62. The summed E-state index contributed by atoms with van der Waals surface area (Å²) in [4.78, 5) is 17.6. The van der Waals surface area contributed by atoms with Gasteiger partial charge in [0.1, 0.15) is 5.56 Å². The van der Waals surface area contributed by atoms with Crippen molar-refractivity contribution >= 4 is 11.7 Å². The van der Waals surface area contributed by atoms with E-state index >= 15 is 0 Å². The minimum atomic E-state index is -0.936. The minimum absolute atomic E-state index is 0.242. The van der Waals surface area contributed by atoms with E-state index in [-0.39, 0.29) is 5.56 Å². The van der Waals surface area contributed by atoms with E-state index in [9.17, 15) is 4.79 Å². The lowest BCUT2D eigenvalue weighted by Crippen LogP contribution is -2.22. The normalized spacial score (nSPS) is 15.6. The molecule has 19 heavy (non-hydrogen) atoms. The molecule has 0 radical (unpaired) electrons. The largest absolute Gasteiger partial charge is 0.478 e. The van der Waals surface area contributed by atoms with Crippen LogP contribution >= 0.6 is 0 Å². The SMILES string of the molecule is Cc1cc(NCCCN2CCCC2)c(C(=O)O)cn1. The van der Waals surface area contributed by atoms with Crippen molar-refractivity contribution in [3.8, 4) is 0 Å². The zero-order valence-corrected chi connectivity index (χ0v) is 11.4. The number of aryl methyl sites for hydroxylation is 1. The highest BCUT2D eigenvalue weighted by Gasteiger charge is 2.12. The summed E-state index contributed by atoms with van der Waals surface area (Å²) in [5.41, 5.74) is 1.74. The molecular weight excluding hydrogens is 242 g/mol. The van der Waals surface area contributed by atoms with Crippen LogP contribution in [-0.2, 0) is 0 Å². The summed E-state index contributed by atoms with van der Waals surface area (Å²) in [6.45, 7) is 6.14. The standard InChI is InChI=1S/C14H21N3O2/c1-11-9-13(12(10-16-11)14(18)19)15-5-4-8-17-6-2-3-7-17/h9-10H,2-8H2,1H3,(H,15,16)(H,18,19). The quantitative estimate of drug-likeness (QED) is 0.768. The van der Waals surface area contributed by atoms with Crippen molar-refractivity contribution < 1.29 is 9.90 Å². The Morgan fingerprint density at radius 2 is 2.21 bits per heavy atom. The number of hydrogen-bond donors (Lipinski definition) is 2. The van der Waals surface area contributed by atoms with Crippen LogP contribution in [0.2, 0.25) is 0 Å². The number of carboxylic acids is 1. The van der Waals surface area contributed by atoms with Gasteiger partial charge in [-0.3, -0.25) is 4.98 Å². The fourth-order valence-corrected chi connectivity index (χ4v) is 2.41. The minimum Gasteiger partial charge on any atom is -0.478 e. The van der Waals surface area contributed by atoms with Crippen LogP contribution in [0, 0.1) is 6.92 Å². The molecule has 5 heteroatoms. The third-order valence-corrected chi connectivity index (χ3v) is 3.44. The van der Waals surface area contributed by atoms with Gasteiger partial charge in [-0.05, 0) is 51.9 Å². The van der Waals surface area contributed by atoms with Crippen LogP contribution in [0.1, 0.15) is 35.3 Å². The molecule has 2 heterocycles. The molecule has 2 rings (SSSR count). The molecule has 1 aromatic heterocycles. The van der Waals surface area contributed by atoms with Crippen LogP contribution in [0.5, 0.6) is 0 Å². The van der Waals surface area contributed by atoms with Crippen LogP contribution in [0.25, 0.3) is 0 Å². The Kier molecular flexibility index (Phi) is 4.74. The molecule has 0 amide bonds.